The van der Waals surface area contributed by atoms with Crippen molar-refractivity contribution in [2.24, 2.45) is 0 Å². The van der Waals surface area contributed by atoms with Gasteiger partial charge in [0.2, 0.25) is 0 Å². The first-order chi connectivity index (χ1) is 8.99. The van der Waals surface area contributed by atoms with E-state index in [9.17, 15) is 13.2 Å². The van der Waals surface area contributed by atoms with E-state index in [0.717, 1.165) is 44.0 Å². The molecule has 1 aliphatic heterocycles. The first-order valence-corrected chi connectivity index (χ1v) is 5.70. The summed E-state index contributed by atoms with van der Waals surface area (Å²) in [7, 11) is 0. The van der Waals surface area contributed by atoms with E-state index < -0.39 is 11.7 Å². The van der Waals surface area contributed by atoms with Crippen LogP contribution in [0.25, 0.3) is 0 Å². The Morgan fingerprint density at radius 3 is 2.05 bits per heavy atom. The molecule has 0 amide bonds. The Labute approximate surface area is 108 Å². The van der Waals surface area contributed by atoms with Crippen molar-refractivity contribution in [3.05, 3.63) is 29.8 Å². The van der Waals surface area contributed by atoms with Gasteiger partial charge < -0.3 is 15.3 Å². The molecule has 0 atom stereocenters. The Balaban J connectivity index is 0.000000550. The zero-order chi connectivity index (χ0) is 14.3. The standard InChI is InChI=1S/C11H13F3N2.CH2O2/c12-11(13,14)9-1-3-10(4-2-9)16-7-5-15-6-8-16;2-1-3/h1-4,15H,5-8H2;1H,(H,2,3). The highest BCUT2D eigenvalue weighted by atomic mass is 19.4. The van der Waals surface area contributed by atoms with Gasteiger partial charge in [0, 0.05) is 31.9 Å². The minimum atomic E-state index is -4.25. The molecule has 1 aromatic rings. The third kappa shape index (κ3) is 4.78. The van der Waals surface area contributed by atoms with Crippen molar-refractivity contribution in [1.82, 2.24) is 5.32 Å². The SMILES string of the molecule is FC(F)(F)c1ccc(N2CCNCC2)cc1.O=CO. The summed E-state index contributed by atoms with van der Waals surface area (Å²) in [6.07, 6.45) is -4.25. The predicted molar refractivity (Wildman–Crippen MR) is 65.2 cm³/mol. The smallest absolute Gasteiger partial charge is 0.416 e. The molecule has 2 N–H and O–H groups in total. The molecule has 0 aromatic heterocycles. The minimum Gasteiger partial charge on any atom is -0.483 e. The van der Waals surface area contributed by atoms with Crippen LogP contribution in [0.1, 0.15) is 5.56 Å². The molecule has 1 fully saturated rings. The maximum absolute atomic E-state index is 12.3. The molecule has 4 nitrogen and oxygen atoms in total. The molecule has 1 saturated heterocycles. The van der Waals surface area contributed by atoms with Crippen LogP contribution in [0.4, 0.5) is 18.9 Å². The Morgan fingerprint density at radius 2 is 1.63 bits per heavy atom. The zero-order valence-corrected chi connectivity index (χ0v) is 10.2. The summed E-state index contributed by atoms with van der Waals surface area (Å²) in [6, 6.07) is 5.34. The van der Waals surface area contributed by atoms with Gasteiger partial charge in [0.15, 0.2) is 0 Å². The molecule has 1 heterocycles. The number of hydrogen-bond acceptors (Lipinski definition) is 3. The Morgan fingerprint density at radius 1 is 1.16 bits per heavy atom. The highest BCUT2D eigenvalue weighted by Gasteiger charge is 2.30. The van der Waals surface area contributed by atoms with Gasteiger partial charge in [0.05, 0.1) is 5.56 Å². The van der Waals surface area contributed by atoms with Crippen LogP contribution >= 0.6 is 0 Å². The van der Waals surface area contributed by atoms with Crippen LogP contribution < -0.4 is 10.2 Å². The van der Waals surface area contributed by atoms with Gasteiger partial charge in [-0.05, 0) is 24.3 Å². The van der Waals surface area contributed by atoms with Crippen LogP contribution in [0, 0.1) is 0 Å². The Hall–Kier alpha value is -1.76. The van der Waals surface area contributed by atoms with E-state index in [2.05, 4.69) is 10.2 Å². The second kappa shape index (κ2) is 6.98. The third-order valence-corrected chi connectivity index (χ3v) is 2.68. The van der Waals surface area contributed by atoms with Gasteiger partial charge in [0.1, 0.15) is 0 Å². The van der Waals surface area contributed by atoms with E-state index in [1.54, 1.807) is 0 Å². The average Bonchev–Trinajstić information content (AvgIpc) is 2.40. The number of anilines is 1. The van der Waals surface area contributed by atoms with Crippen molar-refractivity contribution in [2.45, 2.75) is 6.18 Å². The van der Waals surface area contributed by atoms with E-state index in [-0.39, 0.29) is 6.47 Å². The lowest BCUT2D eigenvalue weighted by Crippen LogP contribution is -2.43. The predicted octanol–water partition coefficient (Wildman–Crippen LogP) is 1.82. The van der Waals surface area contributed by atoms with Crippen molar-refractivity contribution in [2.75, 3.05) is 31.1 Å². The molecular formula is C12H15F3N2O2. The molecule has 7 heteroatoms. The monoisotopic (exact) mass is 276 g/mol. The van der Waals surface area contributed by atoms with Crippen molar-refractivity contribution >= 4 is 12.2 Å². The quantitative estimate of drug-likeness (QED) is 0.768. The molecule has 0 spiro atoms. The van der Waals surface area contributed by atoms with Crippen LogP contribution in [0.5, 0.6) is 0 Å². The fourth-order valence-electron chi connectivity index (χ4n) is 1.78. The van der Waals surface area contributed by atoms with E-state index in [1.807, 2.05) is 0 Å². The highest BCUT2D eigenvalue weighted by molar-refractivity contribution is 5.48. The summed E-state index contributed by atoms with van der Waals surface area (Å²) in [6.45, 7) is 3.18. The lowest BCUT2D eigenvalue weighted by Gasteiger charge is -2.29. The zero-order valence-electron chi connectivity index (χ0n) is 10.2. The molecule has 0 radical (unpaired) electrons. The number of alkyl halides is 3. The van der Waals surface area contributed by atoms with E-state index in [4.69, 9.17) is 9.90 Å². The van der Waals surface area contributed by atoms with Crippen LogP contribution in [0.3, 0.4) is 0 Å². The molecule has 0 aliphatic carbocycles. The number of carbonyl (C=O) groups is 1. The lowest BCUT2D eigenvalue weighted by atomic mass is 10.2. The minimum absolute atomic E-state index is 0.250. The van der Waals surface area contributed by atoms with Gasteiger partial charge in [0.25, 0.3) is 6.47 Å². The van der Waals surface area contributed by atoms with Gasteiger partial charge in [-0.1, -0.05) is 0 Å². The lowest BCUT2D eigenvalue weighted by molar-refractivity contribution is -0.137. The van der Waals surface area contributed by atoms with Crippen LogP contribution in [-0.2, 0) is 11.0 Å². The molecule has 1 aromatic carbocycles. The number of piperazine rings is 1. The summed E-state index contributed by atoms with van der Waals surface area (Å²) < 4.78 is 37.0. The molecule has 0 unspecified atom stereocenters. The van der Waals surface area contributed by atoms with E-state index in [0.29, 0.717) is 0 Å². The normalized spacial score (nSPS) is 15.4. The number of benzene rings is 1. The van der Waals surface area contributed by atoms with E-state index in [1.165, 1.54) is 12.1 Å². The summed E-state index contributed by atoms with van der Waals surface area (Å²) in [4.78, 5) is 10.4. The maximum atomic E-state index is 12.3. The van der Waals surface area contributed by atoms with Gasteiger partial charge in [-0.25, -0.2) is 0 Å². The van der Waals surface area contributed by atoms with Gasteiger partial charge in [-0.2, -0.15) is 13.2 Å². The van der Waals surface area contributed by atoms with Crippen molar-refractivity contribution in [3.63, 3.8) is 0 Å². The van der Waals surface area contributed by atoms with Crippen LogP contribution in [0.15, 0.2) is 24.3 Å². The second-order valence-electron chi connectivity index (χ2n) is 3.89. The summed E-state index contributed by atoms with van der Waals surface area (Å²) in [5, 5.41) is 10.1. The van der Waals surface area contributed by atoms with Gasteiger partial charge in [-0.15, -0.1) is 0 Å². The maximum Gasteiger partial charge on any atom is 0.416 e. The fourth-order valence-corrected chi connectivity index (χ4v) is 1.78. The number of halogens is 3. The Kier molecular flexibility index (Phi) is 5.62. The van der Waals surface area contributed by atoms with Crippen LogP contribution in [-0.4, -0.2) is 37.8 Å². The van der Waals surface area contributed by atoms with Gasteiger partial charge >= 0.3 is 6.18 Å². The highest BCUT2D eigenvalue weighted by Crippen LogP contribution is 2.30. The summed E-state index contributed by atoms with van der Waals surface area (Å²) >= 11 is 0. The molecule has 2 rings (SSSR count). The van der Waals surface area contributed by atoms with Crippen LogP contribution in [0.2, 0.25) is 0 Å². The molecule has 1 aliphatic rings. The largest absolute Gasteiger partial charge is 0.483 e. The molecule has 106 valence electrons. The number of carboxylic acid groups (broad SMARTS) is 1. The number of nitrogens with one attached hydrogen (secondary N) is 1. The van der Waals surface area contributed by atoms with Crippen molar-refractivity contribution in [3.8, 4) is 0 Å². The topological polar surface area (TPSA) is 52.6 Å². The third-order valence-electron chi connectivity index (χ3n) is 2.68. The first-order valence-electron chi connectivity index (χ1n) is 5.70. The molecular weight excluding hydrogens is 261 g/mol. The fraction of sp³-hybridized carbons (Fsp3) is 0.417. The van der Waals surface area contributed by atoms with Crippen molar-refractivity contribution < 1.29 is 23.1 Å². The first kappa shape index (κ1) is 15.3. The van der Waals surface area contributed by atoms with Gasteiger partial charge in [-0.3, -0.25) is 4.79 Å². The second-order valence-corrected chi connectivity index (χ2v) is 3.89. The molecule has 0 bridgehead atoms. The summed E-state index contributed by atoms with van der Waals surface area (Å²) in [5.41, 5.74) is 0.265. The average molecular weight is 276 g/mol. The Bertz CT molecular complexity index is 387. The number of nitrogens with zero attached hydrogens (tertiary/aromatic N) is 1. The van der Waals surface area contributed by atoms with E-state index >= 15 is 0 Å². The molecule has 0 saturated carbocycles. The number of rotatable bonds is 1. The summed E-state index contributed by atoms with van der Waals surface area (Å²) in [5.74, 6) is 0. The molecule has 19 heavy (non-hydrogen) atoms. The number of hydrogen-bond donors (Lipinski definition) is 2. The van der Waals surface area contributed by atoms with Crippen molar-refractivity contribution in [1.29, 1.82) is 0 Å².